The fourth-order valence-corrected chi connectivity index (χ4v) is 2.04. The second-order valence-electron chi connectivity index (χ2n) is 5.18. The van der Waals surface area contributed by atoms with E-state index in [1.54, 1.807) is 13.4 Å². The molecule has 1 aliphatic rings. The topological polar surface area (TPSA) is 54.3 Å². The Bertz CT molecular complexity index is 510. The van der Waals surface area contributed by atoms with Crippen LogP contribution in [0.1, 0.15) is 18.1 Å². The van der Waals surface area contributed by atoms with E-state index in [1.807, 2.05) is 31.0 Å². The molecule has 0 atom stereocenters. The number of hydrogen-bond donors (Lipinski definition) is 1. The van der Waals surface area contributed by atoms with E-state index in [0.717, 1.165) is 23.4 Å². The number of rotatable bonds is 5. The molecular weight excluding hydrogens is 256 g/mol. The number of aliphatic imine (C=N–C) groups is 1. The molecule has 1 fully saturated rings. The summed E-state index contributed by atoms with van der Waals surface area (Å²) in [4.78, 5) is 6.45. The van der Waals surface area contributed by atoms with Gasteiger partial charge < -0.3 is 19.5 Å². The van der Waals surface area contributed by atoms with Gasteiger partial charge in [-0.25, -0.2) is 4.99 Å². The van der Waals surface area contributed by atoms with Crippen molar-refractivity contribution in [1.29, 1.82) is 0 Å². The molecule has 1 saturated heterocycles. The third-order valence-electron chi connectivity index (χ3n) is 3.59. The first-order valence-electron chi connectivity index (χ1n) is 6.74. The van der Waals surface area contributed by atoms with Crippen molar-refractivity contribution in [3.63, 3.8) is 0 Å². The van der Waals surface area contributed by atoms with E-state index in [0.29, 0.717) is 19.0 Å². The Labute approximate surface area is 119 Å². The van der Waals surface area contributed by atoms with Crippen molar-refractivity contribution in [3.05, 3.63) is 23.3 Å². The highest BCUT2D eigenvalue weighted by Crippen LogP contribution is 2.39. The van der Waals surface area contributed by atoms with Gasteiger partial charge in [-0.15, -0.1) is 0 Å². The summed E-state index contributed by atoms with van der Waals surface area (Å²) in [5.74, 6) is 0.646. The summed E-state index contributed by atoms with van der Waals surface area (Å²) in [6.45, 7) is 5.56. The van der Waals surface area contributed by atoms with Crippen LogP contribution in [0.25, 0.3) is 0 Å². The van der Waals surface area contributed by atoms with E-state index >= 15 is 0 Å². The lowest BCUT2D eigenvalue weighted by atomic mass is 9.89. The maximum absolute atomic E-state index is 10.4. The third-order valence-corrected chi connectivity index (χ3v) is 3.59. The Morgan fingerprint density at radius 1 is 1.50 bits per heavy atom. The monoisotopic (exact) mass is 278 g/mol. The van der Waals surface area contributed by atoms with E-state index in [9.17, 15) is 5.11 Å². The van der Waals surface area contributed by atoms with Crippen molar-refractivity contribution >= 4 is 12.0 Å². The quantitative estimate of drug-likeness (QED) is 0.659. The van der Waals surface area contributed by atoms with Crippen LogP contribution in [0.2, 0.25) is 0 Å². The number of nitrogens with zero attached hydrogens (tertiary/aromatic N) is 2. The number of hydrogen-bond acceptors (Lipinski definition) is 4. The van der Waals surface area contributed by atoms with Crippen LogP contribution in [0.4, 0.5) is 5.69 Å². The molecule has 2 rings (SSSR count). The largest absolute Gasteiger partial charge is 0.496 e. The van der Waals surface area contributed by atoms with Crippen LogP contribution < -0.4 is 4.74 Å². The number of ether oxygens (including phenoxy) is 2. The number of aliphatic hydroxyl groups is 1. The number of benzene rings is 1. The summed E-state index contributed by atoms with van der Waals surface area (Å²) >= 11 is 0. The van der Waals surface area contributed by atoms with Gasteiger partial charge in [0.15, 0.2) is 0 Å². The molecule has 1 aliphatic heterocycles. The first-order chi connectivity index (χ1) is 9.50. The average molecular weight is 278 g/mol. The Hall–Kier alpha value is -1.59. The minimum Gasteiger partial charge on any atom is -0.496 e. The van der Waals surface area contributed by atoms with Gasteiger partial charge in [0, 0.05) is 25.2 Å². The molecule has 0 aliphatic carbocycles. The molecule has 1 aromatic carbocycles. The predicted octanol–water partition coefficient (Wildman–Crippen LogP) is 1.83. The first-order valence-corrected chi connectivity index (χ1v) is 6.74. The minimum absolute atomic E-state index is 0.310. The predicted molar refractivity (Wildman–Crippen MR) is 78.9 cm³/mol. The van der Waals surface area contributed by atoms with E-state index in [2.05, 4.69) is 11.9 Å². The zero-order chi connectivity index (χ0) is 14.8. The van der Waals surface area contributed by atoms with Crippen LogP contribution in [-0.4, -0.2) is 50.3 Å². The van der Waals surface area contributed by atoms with Crippen molar-refractivity contribution in [2.24, 2.45) is 4.99 Å². The maximum Gasteiger partial charge on any atom is 0.140 e. The third kappa shape index (κ3) is 2.78. The van der Waals surface area contributed by atoms with Crippen LogP contribution in [0.3, 0.4) is 0 Å². The molecule has 20 heavy (non-hydrogen) atoms. The fraction of sp³-hybridized carbons (Fsp3) is 0.533. The molecule has 0 radical (unpaired) electrons. The fourth-order valence-electron chi connectivity index (χ4n) is 2.04. The van der Waals surface area contributed by atoms with Crippen molar-refractivity contribution in [3.8, 4) is 5.75 Å². The molecule has 0 amide bonds. The normalized spacial score (nSPS) is 17.1. The van der Waals surface area contributed by atoms with Gasteiger partial charge in [-0.2, -0.15) is 0 Å². The van der Waals surface area contributed by atoms with Crippen LogP contribution >= 0.6 is 0 Å². The Morgan fingerprint density at radius 2 is 2.20 bits per heavy atom. The molecule has 1 N–H and O–H groups in total. The summed E-state index contributed by atoms with van der Waals surface area (Å²) in [5, 5.41) is 10.4. The molecule has 5 nitrogen and oxygen atoms in total. The summed E-state index contributed by atoms with van der Waals surface area (Å²) < 4.78 is 10.5. The van der Waals surface area contributed by atoms with Gasteiger partial charge in [0.1, 0.15) is 11.4 Å². The highest BCUT2D eigenvalue weighted by Gasteiger charge is 2.40. The van der Waals surface area contributed by atoms with Crippen LogP contribution in [0.5, 0.6) is 5.75 Å². The van der Waals surface area contributed by atoms with Gasteiger partial charge in [0.2, 0.25) is 0 Å². The lowest BCUT2D eigenvalue weighted by Crippen LogP contribution is -2.46. The molecule has 1 heterocycles. The molecular formula is C15H22N2O3. The molecule has 5 heteroatoms. The molecule has 110 valence electrons. The van der Waals surface area contributed by atoms with Gasteiger partial charge in [-0.1, -0.05) is 0 Å². The molecule has 1 aromatic rings. The standard InChI is InChI=1S/C15H22N2O3/c1-5-17(3)10-16-13-7-14(19-4)12(6-11(13)2)15(18)8-20-9-15/h6-7,10,18H,5,8-9H2,1-4H3. The van der Waals surface area contributed by atoms with Crippen LogP contribution in [0, 0.1) is 6.92 Å². The van der Waals surface area contributed by atoms with E-state index < -0.39 is 5.60 Å². The Morgan fingerprint density at radius 3 is 2.70 bits per heavy atom. The summed E-state index contributed by atoms with van der Waals surface area (Å²) in [6, 6.07) is 3.79. The minimum atomic E-state index is -0.932. The zero-order valence-corrected chi connectivity index (χ0v) is 12.5. The Kier molecular flexibility index (Phi) is 4.30. The summed E-state index contributed by atoms with van der Waals surface area (Å²) in [6.07, 6.45) is 1.79. The van der Waals surface area contributed by atoms with E-state index in [1.165, 1.54) is 0 Å². The van der Waals surface area contributed by atoms with Crippen molar-refractivity contribution in [1.82, 2.24) is 4.90 Å². The van der Waals surface area contributed by atoms with Crippen molar-refractivity contribution in [2.75, 3.05) is 33.9 Å². The number of methoxy groups -OCH3 is 1. The summed E-state index contributed by atoms with van der Waals surface area (Å²) in [7, 11) is 3.57. The highest BCUT2D eigenvalue weighted by atomic mass is 16.5. The van der Waals surface area contributed by atoms with Gasteiger partial charge in [0.25, 0.3) is 0 Å². The van der Waals surface area contributed by atoms with E-state index in [4.69, 9.17) is 9.47 Å². The molecule has 0 spiro atoms. The molecule has 0 saturated carbocycles. The summed E-state index contributed by atoms with van der Waals surface area (Å²) in [5.41, 5.74) is 1.68. The number of aryl methyl sites for hydroxylation is 1. The SMILES string of the molecule is CCN(C)C=Nc1cc(OC)c(C2(O)COC2)cc1C. The molecule has 0 unspecified atom stereocenters. The van der Waals surface area contributed by atoms with E-state index in [-0.39, 0.29) is 0 Å². The van der Waals surface area contributed by atoms with Crippen molar-refractivity contribution in [2.45, 2.75) is 19.4 Å². The lowest BCUT2D eigenvalue weighted by molar-refractivity contribution is -0.185. The maximum atomic E-state index is 10.4. The van der Waals surface area contributed by atoms with Gasteiger partial charge in [0.05, 0.1) is 32.3 Å². The second kappa shape index (κ2) is 5.81. The van der Waals surface area contributed by atoms with Crippen LogP contribution in [0.15, 0.2) is 17.1 Å². The van der Waals surface area contributed by atoms with Gasteiger partial charge in [-0.3, -0.25) is 0 Å². The molecule has 0 aromatic heterocycles. The molecule has 0 bridgehead atoms. The van der Waals surface area contributed by atoms with Gasteiger partial charge >= 0.3 is 0 Å². The second-order valence-corrected chi connectivity index (χ2v) is 5.18. The smallest absolute Gasteiger partial charge is 0.140 e. The highest BCUT2D eigenvalue weighted by molar-refractivity contribution is 5.65. The van der Waals surface area contributed by atoms with Gasteiger partial charge in [-0.05, 0) is 25.5 Å². The first kappa shape index (κ1) is 14.8. The van der Waals surface area contributed by atoms with Crippen molar-refractivity contribution < 1.29 is 14.6 Å². The zero-order valence-electron chi connectivity index (χ0n) is 12.5. The Balaban J connectivity index is 2.35. The van der Waals surface area contributed by atoms with Crippen LogP contribution in [-0.2, 0) is 10.3 Å². The lowest BCUT2D eigenvalue weighted by Gasteiger charge is -2.37. The average Bonchev–Trinajstić information content (AvgIpc) is 2.42.